The summed E-state index contributed by atoms with van der Waals surface area (Å²) < 4.78 is 0. The van der Waals surface area contributed by atoms with Crippen LogP contribution < -0.4 is 5.73 Å². The van der Waals surface area contributed by atoms with Crippen LogP contribution in [0.1, 0.15) is 23.1 Å². The fraction of sp³-hybridized carbons (Fsp3) is 0.500. The molecule has 19 heavy (non-hydrogen) atoms. The van der Waals surface area contributed by atoms with Crippen molar-refractivity contribution in [3.8, 4) is 11.8 Å². The molecular weight excluding hydrogens is 260 g/mol. The van der Waals surface area contributed by atoms with E-state index in [4.69, 9.17) is 10.8 Å². The highest BCUT2D eigenvalue weighted by Crippen LogP contribution is 2.31. The average molecular weight is 278 g/mol. The van der Waals surface area contributed by atoms with E-state index in [0.29, 0.717) is 0 Å². The topological polar surface area (TPSA) is 66.6 Å². The second-order valence-corrected chi connectivity index (χ2v) is 6.28. The fourth-order valence-corrected chi connectivity index (χ4v) is 3.19. The van der Waals surface area contributed by atoms with Gasteiger partial charge in [0.2, 0.25) is 5.91 Å². The number of thiophene rings is 1. The first kappa shape index (κ1) is 14.1. The predicted octanol–water partition coefficient (Wildman–Crippen LogP) is 0.789. The first-order valence-electron chi connectivity index (χ1n) is 6.24. The molecule has 1 aromatic heterocycles. The van der Waals surface area contributed by atoms with Crippen molar-refractivity contribution in [2.24, 2.45) is 11.1 Å². The van der Waals surface area contributed by atoms with Crippen LogP contribution >= 0.6 is 11.3 Å². The molecule has 0 aromatic carbocycles. The normalized spacial score (nSPS) is 23.1. The van der Waals surface area contributed by atoms with Gasteiger partial charge in [-0.15, -0.1) is 11.3 Å². The van der Waals surface area contributed by atoms with Crippen LogP contribution in [0.4, 0.5) is 0 Å². The molecule has 1 atom stereocenters. The third-order valence-electron chi connectivity index (χ3n) is 3.48. The number of primary amides is 1. The van der Waals surface area contributed by atoms with E-state index in [1.165, 1.54) is 4.88 Å². The molecular formula is C14H18N2O2S. The highest BCUT2D eigenvalue weighted by Gasteiger charge is 2.38. The van der Waals surface area contributed by atoms with Crippen LogP contribution in [0.15, 0.2) is 12.1 Å². The van der Waals surface area contributed by atoms with E-state index in [1.807, 2.05) is 19.1 Å². The molecule has 1 saturated heterocycles. The van der Waals surface area contributed by atoms with Gasteiger partial charge in [-0.1, -0.05) is 11.8 Å². The SMILES string of the molecule is CC1(C(N)=O)CCN(Cc2ccc(C#CCO)s2)C1. The lowest BCUT2D eigenvalue weighted by Gasteiger charge is -2.20. The summed E-state index contributed by atoms with van der Waals surface area (Å²) in [6.07, 6.45) is 0.824. The van der Waals surface area contributed by atoms with Gasteiger partial charge in [0, 0.05) is 18.0 Å². The van der Waals surface area contributed by atoms with Crippen LogP contribution in [0.5, 0.6) is 0 Å². The molecule has 2 rings (SSSR count). The summed E-state index contributed by atoms with van der Waals surface area (Å²) in [6, 6.07) is 4.01. The molecule has 5 heteroatoms. The Morgan fingerprint density at radius 3 is 3.05 bits per heavy atom. The molecule has 2 heterocycles. The van der Waals surface area contributed by atoms with Gasteiger partial charge in [0.1, 0.15) is 6.61 Å². The summed E-state index contributed by atoms with van der Waals surface area (Å²) in [7, 11) is 0. The summed E-state index contributed by atoms with van der Waals surface area (Å²) >= 11 is 1.63. The summed E-state index contributed by atoms with van der Waals surface area (Å²) in [5, 5.41) is 8.65. The predicted molar refractivity (Wildman–Crippen MR) is 75.5 cm³/mol. The van der Waals surface area contributed by atoms with Gasteiger partial charge in [0.05, 0.1) is 10.3 Å². The Kier molecular flexibility index (Phi) is 4.25. The van der Waals surface area contributed by atoms with Gasteiger partial charge in [0.15, 0.2) is 0 Å². The van der Waals surface area contributed by atoms with Crippen molar-refractivity contribution in [1.82, 2.24) is 4.90 Å². The zero-order valence-electron chi connectivity index (χ0n) is 11.0. The van der Waals surface area contributed by atoms with Gasteiger partial charge in [-0.3, -0.25) is 9.69 Å². The van der Waals surface area contributed by atoms with Crippen LogP contribution in [0, 0.1) is 17.3 Å². The maximum absolute atomic E-state index is 11.4. The van der Waals surface area contributed by atoms with E-state index in [9.17, 15) is 4.79 Å². The number of amides is 1. The minimum atomic E-state index is -0.392. The van der Waals surface area contributed by atoms with Crippen molar-refractivity contribution in [2.75, 3.05) is 19.7 Å². The number of rotatable bonds is 3. The highest BCUT2D eigenvalue weighted by atomic mass is 32.1. The first-order chi connectivity index (χ1) is 9.03. The lowest BCUT2D eigenvalue weighted by atomic mass is 9.89. The summed E-state index contributed by atoms with van der Waals surface area (Å²) in [6.45, 7) is 4.26. The van der Waals surface area contributed by atoms with Crippen molar-refractivity contribution < 1.29 is 9.90 Å². The van der Waals surface area contributed by atoms with E-state index in [2.05, 4.69) is 16.7 Å². The molecule has 1 unspecified atom stereocenters. The number of carbonyl (C=O) groups is 1. The Bertz CT molecular complexity index is 529. The molecule has 1 aliphatic heterocycles. The number of hydrogen-bond acceptors (Lipinski definition) is 4. The minimum absolute atomic E-state index is 0.115. The molecule has 0 bridgehead atoms. The summed E-state index contributed by atoms with van der Waals surface area (Å²) in [5.41, 5.74) is 5.05. The number of aliphatic hydroxyl groups excluding tert-OH is 1. The highest BCUT2D eigenvalue weighted by molar-refractivity contribution is 7.12. The van der Waals surface area contributed by atoms with E-state index >= 15 is 0 Å². The van der Waals surface area contributed by atoms with Gasteiger partial charge in [0.25, 0.3) is 0 Å². The van der Waals surface area contributed by atoms with Gasteiger partial charge in [-0.05, 0) is 32.0 Å². The van der Waals surface area contributed by atoms with Gasteiger partial charge < -0.3 is 10.8 Å². The second kappa shape index (κ2) is 5.74. The fourth-order valence-electron chi connectivity index (χ4n) is 2.27. The Balaban J connectivity index is 1.96. The van der Waals surface area contributed by atoms with Crippen molar-refractivity contribution in [1.29, 1.82) is 0 Å². The first-order valence-corrected chi connectivity index (χ1v) is 7.06. The number of hydrogen-bond donors (Lipinski definition) is 2. The zero-order valence-corrected chi connectivity index (χ0v) is 11.8. The number of nitrogens with two attached hydrogens (primary N) is 1. The number of aliphatic hydroxyl groups is 1. The van der Waals surface area contributed by atoms with Crippen molar-refractivity contribution >= 4 is 17.2 Å². The van der Waals surface area contributed by atoms with Crippen LogP contribution in [0.3, 0.4) is 0 Å². The minimum Gasteiger partial charge on any atom is -0.384 e. The Morgan fingerprint density at radius 2 is 2.42 bits per heavy atom. The lowest BCUT2D eigenvalue weighted by Crippen LogP contribution is -2.36. The molecule has 1 fully saturated rings. The second-order valence-electron chi connectivity index (χ2n) is 5.11. The lowest BCUT2D eigenvalue weighted by molar-refractivity contribution is -0.126. The quantitative estimate of drug-likeness (QED) is 0.803. The van der Waals surface area contributed by atoms with Crippen molar-refractivity contribution in [2.45, 2.75) is 19.9 Å². The maximum atomic E-state index is 11.4. The molecule has 0 radical (unpaired) electrons. The molecule has 3 N–H and O–H groups in total. The third kappa shape index (κ3) is 3.35. The molecule has 1 aliphatic rings. The van der Waals surface area contributed by atoms with Gasteiger partial charge in [-0.25, -0.2) is 0 Å². The Labute approximate surface area is 117 Å². The summed E-state index contributed by atoms with van der Waals surface area (Å²) in [5.74, 6) is 5.33. The van der Waals surface area contributed by atoms with E-state index < -0.39 is 5.41 Å². The van der Waals surface area contributed by atoms with Gasteiger partial charge in [-0.2, -0.15) is 0 Å². The van der Waals surface area contributed by atoms with Crippen LogP contribution in [-0.2, 0) is 11.3 Å². The zero-order chi connectivity index (χ0) is 13.9. The standard InChI is InChI=1S/C14H18N2O2S/c1-14(13(15)18)6-7-16(10-14)9-12-5-4-11(19-12)3-2-8-17/h4-5,17H,6-10H2,1H3,(H2,15,18). The van der Waals surface area contributed by atoms with E-state index in [0.717, 1.165) is 30.9 Å². The monoisotopic (exact) mass is 278 g/mol. The molecule has 4 nitrogen and oxygen atoms in total. The van der Waals surface area contributed by atoms with Crippen molar-refractivity contribution in [3.05, 3.63) is 21.9 Å². The summed E-state index contributed by atoms with van der Waals surface area (Å²) in [4.78, 5) is 15.8. The molecule has 0 saturated carbocycles. The number of nitrogens with zero attached hydrogens (tertiary/aromatic N) is 1. The Hall–Kier alpha value is -1.35. The largest absolute Gasteiger partial charge is 0.384 e. The van der Waals surface area contributed by atoms with E-state index in [-0.39, 0.29) is 12.5 Å². The average Bonchev–Trinajstić information content (AvgIpc) is 2.95. The third-order valence-corrected chi connectivity index (χ3v) is 4.46. The Morgan fingerprint density at radius 1 is 1.63 bits per heavy atom. The maximum Gasteiger partial charge on any atom is 0.224 e. The van der Waals surface area contributed by atoms with Crippen LogP contribution in [0.25, 0.3) is 0 Å². The smallest absolute Gasteiger partial charge is 0.224 e. The van der Waals surface area contributed by atoms with E-state index in [1.54, 1.807) is 11.3 Å². The van der Waals surface area contributed by atoms with Crippen molar-refractivity contribution in [3.63, 3.8) is 0 Å². The van der Waals surface area contributed by atoms with Crippen LogP contribution in [-0.4, -0.2) is 35.6 Å². The van der Waals surface area contributed by atoms with Gasteiger partial charge >= 0.3 is 0 Å². The molecule has 1 aromatic rings. The molecule has 102 valence electrons. The molecule has 1 amide bonds. The molecule has 0 spiro atoms. The molecule has 0 aliphatic carbocycles. The number of carbonyl (C=O) groups excluding carboxylic acids is 1. The van der Waals surface area contributed by atoms with Crippen LogP contribution in [0.2, 0.25) is 0 Å². The number of likely N-dealkylation sites (tertiary alicyclic amines) is 1.